The van der Waals surface area contributed by atoms with Crippen molar-refractivity contribution in [1.82, 2.24) is 0 Å². The van der Waals surface area contributed by atoms with Gasteiger partial charge in [0.25, 0.3) is 0 Å². The Morgan fingerprint density at radius 2 is 1.74 bits per heavy atom. The maximum absolute atomic E-state index is 6.37. The van der Waals surface area contributed by atoms with Crippen LogP contribution in [0.5, 0.6) is 5.75 Å². The minimum atomic E-state index is 0.370. The van der Waals surface area contributed by atoms with Gasteiger partial charge in [0.2, 0.25) is 0 Å². The molecule has 0 spiro atoms. The first-order chi connectivity index (χ1) is 10.8. The molecule has 0 heterocycles. The second-order valence-corrected chi connectivity index (χ2v) is 9.70. The number of benzene rings is 2. The van der Waals surface area contributed by atoms with Crippen LogP contribution in [0.15, 0.2) is 34.8 Å². The van der Waals surface area contributed by atoms with Crippen LogP contribution in [-0.4, -0.2) is 6.10 Å². The van der Waals surface area contributed by atoms with E-state index in [0.717, 1.165) is 16.1 Å². The molecule has 0 radical (unpaired) electrons. The Hall–Kier alpha value is -0.290. The standard InChI is InChI=1S/C20H24BrIO/c1-20(2,3)14-5-8-16(9-6-14)23-18-11-4-13-12-15(21)7-10-17(13)19(18)22/h4,7,10-12,14,16H,5-6,8-9H2,1-3H3. The van der Waals surface area contributed by atoms with Crippen molar-refractivity contribution in [2.24, 2.45) is 11.3 Å². The zero-order valence-electron chi connectivity index (χ0n) is 14.0. The van der Waals surface area contributed by atoms with E-state index in [1.54, 1.807) is 0 Å². The maximum Gasteiger partial charge on any atom is 0.133 e. The summed E-state index contributed by atoms with van der Waals surface area (Å²) in [5.74, 6) is 1.87. The van der Waals surface area contributed by atoms with E-state index in [1.165, 1.54) is 40.0 Å². The van der Waals surface area contributed by atoms with Crippen molar-refractivity contribution in [3.63, 3.8) is 0 Å². The van der Waals surface area contributed by atoms with Crippen LogP contribution in [0.3, 0.4) is 0 Å². The van der Waals surface area contributed by atoms with E-state index in [4.69, 9.17) is 4.74 Å². The van der Waals surface area contributed by atoms with Crippen molar-refractivity contribution < 1.29 is 4.74 Å². The van der Waals surface area contributed by atoms with Crippen LogP contribution in [0.2, 0.25) is 0 Å². The lowest BCUT2D eigenvalue weighted by Crippen LogP contribution is -2.30. The van der Waals surface area contributed by atoms with Crippen molar-refractivity contribution in [3.8, 4) is 5.75 Å². The summed E-state index contributed by atoms with van der Waals surface area (Å²) in [6.45, 7) is 7.09. The van der Waals surface area contributed by atoms with Gasteiger partial charge in [-0.3, -0.25) is 0 Å². The molecule has 3 rings (SSSR count). The van der Waals surface area contributed by atoms with Crippen molar-refractivity contribution in [1.29, 1.82) is 0 Å². The molecular weight excluding hydrogens is 463 g/mol. The Bertz CT molecular complexity index is 697. The van der Waals surface area contributed by atoms with Crippen LogP contribution in [0, 0.1) is 14.9 Å². The van der Waals surface area contributed by atoms with Gasteiger partial charge in [-0.05, 0) is 88.6 Å². The zero-order chi connectivity index (χ0) is 16.6. The minimum Gasteiger partial charge on any atom is -0.489 e. The summed E-state index contributed by atoms with van der Waals surface area (Å²) in [6.07, 6.45) is 5.29. The van der Waals surface area contributed by atoms with E-state index in [-0.39, 0.29) is 0 Å². The third-order valence-electron chi connectivity index (χ3n) is 5.07. The van der Waals surface area contributed by atoms with Crippen LogP contribution in [0.25, 0.3) is 10.8 Å². The number of halogens is 2. The highest BCUT2D eigenvalue weighted by Crippen LogP contribution is 2.39. The topological polar surface area (TPSA) is 9.23 Å². The smallest absolute Gasteiger partial charge is 0.133 e. The Morgan fingerprint density at radius 3 is 2.39 bits per heavy atom. The van der Waals surface area contributed by atoms with Gasteiger partial charge < -0.3 is 4.74 Å². The molecule has 0 amide bonds. The van der Waals surface area contributed by atoms with Crippen LogP contribution < -0.4 is 4.74 Å². The Balaban J connectivity index is 1.73. The maximum atomic E-state index is 6.37. The van der Waals surface area contributed by atoms with E-state index in [9.17, 15) is 0 Å². The fraction of sp³-hybridized carbons (Fsp3) is 0.500. The Morgan fingerprint density at radius 1 is 1.04 bits per heavy atom. The Kier molecular flexibility index (Phi) is 5.27. The molecule has 124 valence electrons. The molecule has 3 heteroatoms. The van der Waals surface area contributed by atoms with Crippen LogP contribution >= 0.6 is 38.5 Å². The molecule has 0 atom stereocenters. The fourth-order valence-corrected chi connectivity index (χ4v) is 4.74. The van der Waals surface area contributed by atoms with Gasteiger partial charge in [-0.25, -0.2) is 0 Å². The largest absolute Gasteiger partial charge is 0.489 e. The molecule has 0 unspecified atom stereocenters. The normalized spacial score (nSPS) is 22.3. The average Bonchev–Trinajstić information content (AvgIpc) is 2.50. The third-order valence-corrected chi connectivity index (χ3v) is 6.68. The Labute approximate surface area is 161 Å². The number of hydrogen-bond donors (Lipinski definition) is 0. The van der Waals surface area contributed by atoms with Crippen molar-refractivity contribution in [2.45, 2.75) is 52.6 Å². The average molecular weight is 487 g/mol. The van der Waals surface area contributed by atoms with Gasteiger partial charge in [-0.1, -0.05) is 48.8 Å². The SMILES string of the molecule is CC(C)(C)C1CCC(Oc2ccc3cc(Br)ccc3c2I)CC1. The second kappa shape index (κ2) is 6.91. The van der Waals surface area contributed by atoms with E-state index >= 15 is 0 Å². The summed E-state index contributed by atoms with van der Waals surface area (Å²) in [5.41, 5.74) is 0.426. The zero-order valence-corrected chi connectivity index (χ0v) is 17.8. The van der Waals surface area contributed by atoms with Gasteiger partial charge in [0.05, 0.1) is 9.67 Å². The van der Waals surface area contributed by atoms with E-state index in [0.29, 0.717) is 11.5 Å². The molecule has 0 bridgehead atoms. The molecule has 1 fully saturated rings. The van der Waals surface area contributed by atoms with E-state index in [1.807, 2.05) is 0 Å². The first-order valence-electron chi connectivity index (χ1n) is 8.39. The van der Waals surface area contributed by atoms with Crippen LogP contribution in [0.1, 0.15) is 46.5 Å². The number of ether oxygens (including phenoxy) is 1. The van der Waals surface area contributed by atoms with Gasteiger partial charge in [0.1, 0.15) is 5.75 Å². The summed E-state index contributed by atoms with van der Waals surface area (Å²) in [7, 11) is 0. The van der Waals surface area contributed by atoms with Gasteiger partial charge in [-0.15, -0.1) is 0 Å². The lowest BCUT2D eigenvalue weighted by molar-refractivity contribution is 0.0878. The third kappa shape index (κ3) is 4.04. The predicted octanol–water partition coefficient (Wildman–Crippen LogP) is 7.19. The molecule has 1 saturated carbocycles. The number of hydrogen-bond acceptors (Lipinski definition) is 1. The monoisotopic (exact) mass is 486 g/mol. The highest BCUT2D eigenvalue weighted by atomic mass is 127. The predicted molar refractivity (Wildman–Crippen MR) is 110 cm³/mol. The molecule has 1 aliphatic rings. The molecule has 0 N–H and O–H groups in total. The van der Waals surface area contributed by atoms with Gasteiger partial charge in [0.15, 0.2) is 0 Å². The lowest BCUT2D eigenvalue weighted by atomic mass is 9.72. The molecule has 2 aromatic carbocycles. The molecule has 0 saturated heterocycles. The number of fused-ring (bicyclic) bond motifs is 1. The molecule has 1 aliphatic carbocycles. The number of rotatable bonds is 2. The first-order valence-corrected chi connectivity index (χ1v) is 10.3. The second-order valence-electron chi connectivity index (χ2n) is 7.70. The lowest BCUT2D eigenvalue weighted by Gasteiger charge is -2.37. The van der Waals surface area contributed by atoms with E-state index < -0.39 is 0 Å². The van der Waals surface area contributed by atoms with E-state index in [2.05, 4.69) is 89.6 Å². The van der Waals surface area contributed by atoms with Crippen molar-refractivity contribution in [2.75, 3.05) is 0 Å². The molecule has 0 aliphatic heterocycles. The highest BCUT2D eigenvalue weighted by Gasteiger charge is 2.30. The quantitative estimate of drug-likeness (QED) is 0.408. The fourth-order valence-electron chi connectivity index (χ4n) is 3.56. The molecule has 1 nitrogen and oxygen atoms in total. The molecule has 23 heavy (non-hydrogen) atoms. The van der Waals surface area contributed by atoms with Gasteiger partial charge >= 0.3 is 0 Å². The van der Waals surface area contributed by atoms with Crippen LogP contribution in [-0.2, 0) is 0 Å². The molecular formula is C20H24BrIO. The summed E-state index contributed by atoms with van der Waals surface area (Å²) in [4.78, 5) is 0. The molecule has 2 aromatic rings. The van der Waals surface area contributed by atoms with Gasteiger partial charge in [-0.2, -0.15) is 0 Å². The van der Waals surface area contributed by atoms with Crippen LogP contribution in [0.4, 0.5) is 0 Å². The summed E-state index contributed by atoms with van der Waals surface area (Å²) < 4.78 is 8.71. The minimum absolute atomic E-state index is 0.370. The van der Waals surface area contributed by atoms with Crippen molar-refractivity contribution in [3.05, 3.63) is 38.4 Å². The summed E-state index contributed by atoms with van der Waals surface area (Å²) in [6, 6.07) is 10.7. The first kappa shape index (κ1) is 17.5. The molecule has 0 aromatic heterocycles. The van der Waals surface area contributed by atoms with Crippen molar-refractivity contribution >= 4 is 49.3 Å². The summed E-state index contributed by atoms with van der Waals surface area (Å²) in [5, 5.41) is 2.53. The van der Waals surface area contributed by atoms with Gasteiger partial charge in [0, 0.05) is 4.47 Å². The highest BCUT2D eigenvalue weighted by molar-refractivity contribution is 14.1. The summed E-state index contributed by atoms with van der Waals surface area (Å²) >= 11 is 5.97.